The Hall–Kier alpha value is -1.78. The quantitative estimate of drug-likeness (QED) is 0.661. The van der Waals surface area contributed by atoms with Crippen molar-refractivity contribution >= 4 is 22.1 Å². The molecule has 0 spiro atoms. The lowest BCUT2D eigenvalue weighted by Gasteiger charge is -2.02. The molecule has 0 aliphatic heterocycles. The predicted octanol–water partition coefficient (Wildman–Crippen LogP) is 4.49. The molecule has 0 amide bonds. The molecule has 1 atom stereocenters. The minimum atomic E-state index is -0.919. The first-order chi connectivity index (χ1) is 11.2. The van der Waals surface area contributed by atoms with Crippen molar-refractivity contribution in [3.63, 3.8) is 0 Å². The molecule has 0 bridgehead atoms. The van der Waals surface area contributed by atoms with Gasteiger partial charge in [0.25, 0.3) is 0 Å². The Kier molecular flexibility index (Phi) is 5.36. The van der Waals surface area contributed by atoms with Crippen LogP contribution in [-0.4, -0.2) is 9.19 Å². The molecule has 0 saturated heterocycles. The molecule has 0 aliphatic carbocycles. The van der Waals surface area contributed by atoms with Crippen LogP contribution in [0, 0.1) is 6.92 Å². The van der Waals surface area contributed by atoms with Crippen LogP contribution in [0.1, 0.15) is 27.4 Å². The molecule has 2 nitrogen and oxygen atoms in total. The number of thiazole rings is 1. The number of aryl methyl sites for hydroxylation is 1. The van der Waals surface area contributed by atoms with Crippen LogP contribution >= 0.6 is 11.3 Å². The molecule has 0 aliphatic rings. The van der Waals surface area contributed by atoms with E-state index in [4.69, 9.17) is 0 Å². The van der Waals surface area contributed by atoms with E-state index in [1.54, 1.807) is 11.3 Å². The van der Waals surface area contributed by atoms with Crippen LogP contribution in [0.2, 0.25) is 0 Å². The lowest BCUT2D eigenvalue weighted by molar-refractivity contribution is 0.681. The summed E-state index contributed by atoms with van der Waals surface area (Å²) in [4.78, 5) is 4.63. The van der Waals surface area contributed by atoms with E-state index < -0.39 is 10.8 Å². The van der Waals surface area contributed by atoms with E-state index in [1.165, 1.54) is 11.1 Å². The molecule has 0 unspecified atom stereocenters. The van der Waals surface area contributed by atoms with Gasteiger partial charge in [0.1, 0.15) is 0 Å². The Bertz CT molecular complexity index is 796. The molecule has 3 aromatic rings. The van der Waals surface area contributed by atoms with Gasteiger partial charge >= 0.3 is 0 Å². The van der Waals surface area contributed by atoms with Crippen molar-refractivity contribution in [2.24, 2.45) is 0 Å². The molecule has 0 N–H and O–H groups in total. The summed E-state index contributed by atoms with van der Waals surface area (Å²) in [6, 6.07) is 18.5. The van der Waals surface area contributed by atoms with Crippen LogP contribution < -0.4 is 0 Å². The predicted molar refractivity (Wildman–Crippen MR) is 98.1 cm³/mol. The van der Waals surface area contributed by atoms with E-state index in [-0.39, 0.29) is 0 Å². The van der Waals surface area contributed by atoms with Gasteiger partial charge in [-0.25, -0.2) is 4.98 Å². The molecule has 0 radical (unpaired) electrons. The van der Waals surface area contributed by atoms with Gasteiger partial charge in [0.2, 0.25) is 0 Å². The van der Waals surface area contributed by atoms with Gasteiger partial charge in [-0.15, -0.1) is 11.3 Å². The maximum atomic E-state index is 12.3. The van der Waals surface area contributed by atoms with E-state index in [0.29, 0.717) is 11.5 Å². The van der Waals surface area contributed by atoms with Gasteiger partial charge in [-0.2, -0.15) is 0 Å². The second kappa shape index (κ2) is 7.66. The largest absolute Gasteiger partial charge is 0.259 e. The molecule has 0 fully saturated rings. The fraction of sp³-hybridized carbons (Fsp3) is 0.211. The number of hydrogen-bond acceptors (Lipinski definition) is 3. The monoisotopic (exact) mass is 341 g/mol. The van der Waals surface area contributed by atoms with Crippen molar-refractivity contribution in [1.82, 2.24) is 4.98 Å². The van der Waals surface area contributed by atoms with Crippen molar-refractivity contribution in [3.05, 3.63) is 87.4 Å². The van der Waals surface area contributed by atoms with Crippen LogP contribution in [0.3, 0.4) is 0 Å². The zero-order chi connectivity index (χ0) is 16.1. The van der Waals surface area contributed by atoms with Crippen LogP contribution in [0.25, 0.3) is 0 Å². The highest BCUT2D eigenvalue weighted by Crippen LogP contribution is 2.17. The normalized spacial score (nSPS) is 12.2. The zero-order valence-corrected chi connectivity index (χ0v) is 14.7. The van der Waals surface area contributed by atoms with Crippen molar-refractivity contribution < 1.29 is 4.21 Å². The Morgan fingerprint density at radius 1 is 1.00 bits per heavy atom. The fourth-order valence-electron chi connectivity index (χ4n) is 2.47. The first kappa shape index (κ1) is 16.1. The summed E-state index contributed by atoms with van der Waals surface area (Å²) >= 11 is 1.65. The number of hydrogen-bond donors (Lipinski definition) is 0. The number of aromatic nitrogens is 1. The Balaban J connectivity index is 1.59. The molecule has 1 aromatic heterocycles. The standard InChI is InChI=1S/C19H19NOS2/c1-15-6-5-9-17(10-15)13-23(21)14-18-12-22-19(20-18)11-16-7-3-2-4-8-16/h2-10,12H,11,13-14H2,1H3/t23-/m1/s1. The second-order valence-corrected chi connectivity index (χ2v) is 8.01. The molecule has 4 heteroatoms. The summed E-state index contributed by atoms with van der Waals surface area (Å²) in [5.41, 5.74) is 4.53. The van der Waals surface area contributed by atoms with Crippen LogP contribution in [0.4, 0.5) is 0 Å². The highest BCUT2D eigenvalue weighted by molar-refractivity contribution is 7.83. The highest BCUT2D eigenvalue weighted by atomic mass is 32.2. The maximum absolute atomic E-state index is 12.3. The SMILES string of the molecule is Cc1cccc(C[S@@](=O)Cc2csc(Cc3ccccc3)n2)c1. The fourth-order valence-corrected chi connectivity index (χ4v) is 4.54. The average Bonchev–Trinajstić information content (AvgIpc) is 2.95. The lowest BCUT2D eigenvalue weighted by Crippen LogP contribution is -2.00. The minimum absolute atomic E-state index is 0.527. The average molecular weight is 342 g/mol. The number of benzene rings is 2. The van der Waals surface area contributed by atoms with E-state index in [2.05, 4.69) is 36.2 Å². The summed E-state index contributed by atoms with van der Waals surface area (Å²) < 4.78 is 12.3. The third-order valence-electron chi connectivity index (χ3n) is 3.52. The summed E-state index contributed by atoms with van der Waals surface area (Å²) in [5, 5.41) is 3.12. The summed E-state index contributed by atoms with van der Waals surface area (Å²) in [6.45, 7) is 2.06. The van der Waals surface area contributed by atoms with Gasteiger partial charge in [-0.05, 0) is 18.1 Å². The molecule has 3 rings (SSSR count). The highest BCUT2D eigenvalue weighted by Gasteiger charge is 2.08. The topological polar surface area (TPSA) is 30.0 Å². The lowest BCUT2D eigenvalue weighted by atomic mass is 10.2. The van der Waals surface area contributed by atoms with E-state index in [0.717, 1.165) is 22.7 Å². The van der Waals surface area contributed by atoms with Gasteiger partial charge in [0, 0.05) is 28.4 Å². The first-order valence-corrected chi connectivity index (χ1v) is 9.93. The van der Waals surface area contributed by atoms with Gasteiger partial charge < -0.3 is 0 Å². The van der Waals surface area contributed by atoms with Crippen molar-refractivity contribution in [1.29, 1.82) is 0 Å². The molecule has 0 saturated carbocycles. The maximum Gasteiger partial charge on any atom is 0.0972 e. The number of nitrogens with zero attached hydrogens (tertiary/aromatic N) is 1. The van der Waals surface area contributed by atoms with E-state index >= 15 is 0 Å². The van der Waals surface area contributed by atoms with Gasteiger partial charge in [-0.1, -0.05) is 60.2 Å². The van der Waals surface area contributed by atoms with Gasteiger partial charge in [0.15, 0.2) is 0 Å². The Labute approximate surface area is 143 Å². The molecular weight excluding hydrogens is 322 g/mol. The smallest absolute Gasteiger partial charge is 0.0972 e. The third-order valence-corrected chi connectivity index (χ3v) is 5.69. The molecular formula is C19H19NOS2. The van der Waals surface area contributed by atoms with Crippen molar-refractivity contribution in [2.75, 3.05) is 0 Å². The molecule has 23 heavy (non-hydrogen) atoms. The van der Waals surface area contributed by atoms with Crippen LogP contribution in [0.5, 0.6) is 0 Å². The Morgan fingerprint density at radius 2 is 1.78 bits per heavy atom. The molecule has 2 aromatic carbocycles. The van der Waals surface area contributed by atoms with E-state index in [9.17, 15) is 4.21 Å². The van der Waals surface area contributed by atoms with Crippen LogP contribution in [-0.2, 0) is 28.7 Å². The minimum Gasteiger partial charge on any atom is -0.259 e. The van der Waals surface area contributed by atoms with E-state index in [1.807, 2.05) is 35.7 Å². The van der Waals surface area contributed by atoms with Gasteiger partial charge in [-0.3, -0.25) is 4.21 Å². The first-order valence-electron chi connectivity index (χ1n) is 7.57. The van der Waals surface area contributed by atoms with Gasteiger partial charge in [0.05, 0.1) is 16.5 Å². The Morgan fingerprint density at radius 3 is 2.57 bits per heavy atom. The zero-order valence-electron chi connectivity index (χ0n) is 13.1. The summed E-state index contributed by atoms with van der Waals surface area (Å²) in [5.74, 6) is 1.12. The number of rotatable bonds is 6. The van der Waals surface area contributed by atoms with Crippen molar-refractivity contribution in [3.8, 4) is 0 Å². The van der Waals surface area contributed by atoms with Crippen LogP contribution in [0.15, 0.2) is 60.0 Å². The molecule has 118 valence electrons. The summed E-state index contributed by atoms with van der Waals surface area (Å²) in [6.07, 6.45) is 0.843. The molecule has 1 heterocycles. The second-order valence-electron chi connectivity index (χ2n) is 5.61. The summed E-state index contributed by atoms with van der Waals surface area (Å²) in [7, 11) is -0.919. The third kappa shape index (κ3) is 4.85. The van der Waals surface area contributed by atoms with Crippen molar-refractivity contribution in [2.45, 2.75) is 24.9 Å².